The van der Waals surface area contributed by atoms with E-state index in [2.05, 4.69) is 24.8 Å². The van der Waals surface area contributed by atoms with Crippen molar-refractivity contribution in [2.75, 3.05) is 19.7 Å². The normalized spacial score (nSPS) is 58.4. The first-order valence-corrected chi connectivity index (χ1v) is 10.5. The third-order valence-corrected chi connectivity index (χ3v) is 9.86. The van der Waals surface area contributed by atoms with Crippen molar-refractivity contribution in [2.24, 2.45) is 39.9 Å². The van der Waals surface area contributed by atoms with Gasteiger partial charge in [-0.25, -0.2) is 0 Å². The van der Waals surface area contributed by atoms with Crippen molar-refractivity contribution in [2.45, 2.75) is 58.4 Å². The molecule has 1 aliphatic heterocycles. The zero-order chi connectivity index (χ0) is 17.2. The van der Waals surface area contributed by atoms with E-state index in [4.69, 9.17) is 0 Å². The van der Waals surface area contributed by atoms with Crippen LogP contribution in [0, 0.1) is 39.9 Å². The molecule has 6 bridgehead atoms. The number of Topliss-reactive ketones (excluding diaryl/α,β-unsaturated/α-hetero) is 1. The van der Waals surface area contributed by atoms with E-state index in [0.717, 1.165) is 31.3 Å². The molecule has 0 aromatic carbocycles. The summed E-state index contributed by atoms with van der Waals surface area (Å²) in [7, 11) is 0. The lowest BCUT2D eigenvalue weighted by molar-refractivity contribution is -0.184. The first-order chi connectivity index (χ1) is 12.0. The number of ketones is 1. The minimum Gasteiger partial charge on any atom is -0.395 e. The van der Waals surface area contributed by atoms with Crippen molar-refractivity contribution in [3.8, 4) is 0 Å². The number of nitrogens with zero attached hydrogens (tertiary/aromatic N) is 1. The smallest absolute Gasteiger partial charge is 0.138 e. The van der Waals surface area contributed by atoms with E-state index in [1.807, 2.05) is 0 Å². The van der Waals surface area contributed by atoms with E-state index in [9.17, 15) is 9.90 Å². The number of hydrogen-bond donors (Lipinski definition) is 1. The Labute approximate surface area is 150 Å². The second-order valence-corrected chi connectivity index (χ2v) is 10.7. The molecule has 136 valence electrons. The summed E-state index contributed by atoms with van der Waals surface area (Å²) < 4.78 is 0. The van der Waals surface area contributed by atoms with Crippen LogP contribution in [0.15, 0.2) is 11.6 Å². The van der Waals surface area contributed by atoms with Gasteiger partial charge < -0.3 is 5.11 Å². The molecular formula is C22H31NO2. The first-order valence-electron chi connectivity index (χ1n) is 10.5. The standard InChI is InChI=1S/C22H31NO2/c1-13-10-21-11-16(25)18-20(2)4-3-5-22(18)17(21)9-14(13)8-15(21)19(22)23(12-20)6-7-24/h10,14-15,17-19,24H,3-9,11-12H2,1-2H3/t14-,15-,17+,18-,19+,20-,21-,22+/m0/s1. The Kier molecular flexibility index (Phi) is 2.72. The number of likely N-dealkylation sites (tertiary alicyclic amines) is 1. The SMILES string of the molecule is CC1=C[C@@]23CC(=O)[C@H]4[C@@]5(C)CCC[C@@]46[C@@H]2C[C@@H]1C[C@H]3[C@H]6N(CCO)C5. The summed E-state index contributed by atoms with van der Waals surface area (Å²) in [5, 5.41) is 9.77. The number of allylic oxidation sites excluding steroid dienone is 2. The summed E-state index contributed by atoms with van der Waals surface area (Å²) in [6.07, 6.45) is 9.79. The topological polar surface area (TPSA) is 40.5 Å². The second kappa shape index (κ2) is 4.42. The number of hydrogen-bond acceptors (Lipinski definition) is 3. The number of rotatable bonds is 2. The molecule has 0 aromatic heterocycles. The van der Waals surface area contributed by atoms with Gasteiger partial charge in [-0.1, -0.05) is 25.0 Å². The molecule has 8 atom stereocenters. The molecule has 1 heterocycles. The molecule has 0 amide bonds. The zero-order valence-electron chi connectivity index (χ0n) is 15.6. The number of β-amino-alcohol motifs (C(OH)–C–C–N with tert-alkyl or cyclic N) is 1. The number of aliphatic hydroxyl groups is 1. The Morgan fingerprint density at radius 3 is 2.96 bits per heavy atom. The zero-order valence-corrected chi connectivity index (χ0v) is 15.6. The monoisotopic (exact) mass is 341 g/mol. The van der Waals surface area contributed by atoms with Crippen molar-refractivity contribution in [3.05, 3.63) is 11.6 Å². The average molecular weight is 341 g/mol. The maximum Gasteiger partial charge on any atom is 0.138 e. The summed E-state index contributed by atoms with van der Waals surface area (Å²) in [5.74, 6) is 3.03. The van der Waals surface area contributed by atoms with E-state index in [0.29, 0.717) is 23.7 Å². The average Bonchev–Trinajstić information content (AvgIpc) is 2.64. The van der Waals surface area contributed by atoms with Gasteiger partial charge in [0, 0.05) is 42.3 Å². The Morgan fingerprint density at radius 2 is 2.16 bits per heavy atom. The molecule has 4 saturated carbocycles. The Hall–Kier alpha value is -0.670. The number of piperidine rings is 1. The van der Waals surface area contributed by atoms with Gasteiger partial charge in [0.15, 0.2) is 0 Å². The van der Waals surface area contributed by atoms with Crippen LogP contribution in [0.1, 0.15) is 52.4 Å². The molecule has 25 heavy (non-hydrogen) atoms. The van der Waals surface area contributed by atoms with Gasteiger partial charge in [0.2, 0.25) is 0 Å². The van der Waals surface area contributed by atoms with Gasteiger partial charge in [-0.3, -0.25) is 9.69 Å². The minimum absolute atomic E-state index is 0.137. The molecular weight excluding hydrogens is 310 g/mol. The lowest BCUT2D eigenvalue weighted by Crippen LogP contribution is -2.69. The van der Waals surface area contributed by atoms with Crippen LogP contribution in [0.3, 0.4) is 0 Å². The third-order valence-electron chi connectivity index (χ3n) is 9.86. The van der Waals surface area contributed by atoms with Gasteiger partial charge >= 0.3 is 0 Å². The van der Waals surface area contributed by atoms with Crippen LogP contribution in [-0.4, -0.2) is 41.5 Å². The van der Waals surface area contributed by atoms with Gasteiger partial charge in [0.1, 0.15) is 5.78 Å². The summed E-state index contributed by atoms with van der Waals surface area (Å²) >= 11 is 0. The van der Waals surface area contributed by atoms with E-state index < -0.39 is 0 Å². The molecule has 2 spiro atoms. The highest BCUT2D eigenvalue weighted by Crippen LogP contribution is 2.80. The van der Waals surface area contributed by atoms with Crippen molar-refractivity contribution in [1.82, 2.24) is 4.90 Å². The third kappa shape index (κ3) is 1.46. The van der Waals surface area contributed by atoms with Gasteiger partial charge in [-0.15, -0.1) is 0 Å². The first kappa shape index (κ1) is 15.4. The lowest BCUT2D eigenvalue weighted by Gasteiger charge is -2.66. The Morgan fingerprint density at radius 1 is 1.32 bits per heavy atom. The molecule has 7 aliphatic rings. The molecule has 3 heteroatoms. The fourth-order valence-electron chi connectivity index (χ4n) is 9.73. The van der Waals surface area contributed by atoms with E-state index in [-0.39, 0.29) is 22.9 Å². The van der Waals surface area contributed by atoms with Gasteiger partial charge in [-0.2, -0.15) is 0 Å². The van der Waals surface area contributed by atoms with Crippen LogP contribution < -0.4 is 0 Å². The molecule has 0 unspecified atom stereocenters. The summed E-state index contributed by atoms with van der Waals surface area (Å²) in [4.78, 5) is 16.2. The fraction of sp³-hybridized carbons (Fsp3) is 0.864. The predicted octanol–water partition coefficient (Wildman–Crippen LogP) is 3.03. The predicted molar refractivity (Wildman–Crippen MR) is 95.8 cm³/mol. The summed E-state index contributed by atoms with van der Waals surface area (Å²) in [5.41, 5.74) is 2.08. The van der Waals surface area contributed by atoms with Crippen LogP contribution in [0.5, 0.6) is 0 Å². The highest BCUT2D eigenvalue weighted by molar-refractivity contribution is 5.87. The van der Waals surface area contributed by atoms with Crippen LogP contribution >= 0.6 is 0 Å². The molecule has 0 aromatic rings. The van der Waals surface area contributed by atoms with Gasteiger partial charge in [0.25, 0.3) is 0 Å². The van der Waals surface area contributed by atoms with Crippen molar-refractivity contribution < 1.29 is 9.90 Å². The molecule has 0 radical (unpaired) electrons. The van der Waals surface area contributed by atoms with Gasteiger partial charge in [-0.05, 0) is 55.8 Å². The molecule has 5 fully saturated rings. The van der Waals surface area contributed by atoms with Crippen molar-refractivity contribution >= 4 is 5.78 Å². The molecule has 6 aliphatic carbocycles. The Balaban J connectivity index is 1.62. The van der Waals surface area contributed by atoms with Crippen molar-refractivity contribution in [3.63, 3.8) is 0 Å². The van der Waals surface area contributed by atoms with E-state index in [1.54, 1.807) is 5.57 Å². The highest BCUT2D eigenvalue weighted by Gasteiger charge is 2.80. The minimum atomic E-state index is 0.137. The summed E-state index contributed by atoms with van der Waals surface area (Å²) in [6, 6.07) is 0.545. The van der Waals surface area contributed by atoms with Crippen LogP contribution in [-0.2, 0) is 4.79 Å². The largest absolute Gasteiger partial charge is 0.395 e. The number of aliphatic hydroxyl groups excluding tert-OH is 1. The highest BCUT2D eigenvalue weighted by atomic mass is 16.3. The van der Waals surface area contributed by atoms with E-state index >= 15 is 0 Å². The number of carbonyl (C=O) groups excluding carboxylic acids is 1. The molecule has 1 N–H and O–H groups in total. The number of carbonyl (C=O) groups is 1. The Bertz CT molecular complexity index is 700. The molecule has 7 rings (SSSR count). The maximum atomic E-state index is 13.6. The fourth-order valence-corrected chi connectivity index (χ4v) is 9.73. The quantitative estimate of drug-likeness (QED) is 0.785. The van der Waals surface area contributed by atoms with E-state index in [1.165, 1.54) is 32.1 Å². The maximum absolute atomic E-state index is 13.6. The lowest BCUT2D eigenvalue weighted by atomic mass is 9.40. The molecule has 1 saturated heterocycles. The van der Waals surface area contributed by atoms with Crippen molar-refractivity contribution in [1.29, 1.82) is 0 Å². The van der Waals surface area contributed by atoms with Crippen LogP contribution in [0.2, 0.25) is 0 Å². The van der Waals surface area contributed by atoms with Crippen LogP contribution in [0.4, 0.5) is 0 Å². The van der Waals surface area contributed by atoms with Gasteiger partial charge in [0.05, 0.1) is 6.61 Å². The van der Waals surface area contributed by atoms with Crippen LogP contribution in [0.25, 0.3) is 0 Å². The summed E-state index contributed by atoms with van der Waals surface area (Å²) in [6.45, 7) is 6.80. The second-order valence-electron chi connectivity index (χ2n) is 10.7. The molecule has 3 nitrogen and oxygen atoms in total.